The number of hydrogen-bond donors (Lipinski definition) is 2. The van der Waals surface area contributed by atoms with Gasteiger partial charge in [-0.2, -0.15) is 0 Å². The van der Waals surface area contributed by atoms with Crippen LogP contribution in [0.2, 0.25) is 0 Å². The molecule has 1 amide bonds. The van der Waals surface area contributed by atoms with Crippen LogP contribution < -0.4 is 15.8 Å². The van der Waals surface area contributed by atoms with E-state index in [9.17, 15) is 18.0 Å². The molecule has 1 rings (SSSR count). The molecule has 0 unspecified atom stereocenters. The van der Waals surface area contributed by atoms with Crippen LogP contribution in [-0.4, -0.2) is 31.5 Å². The number of ether oxygens (including phenoxy) is 2. The second-order valence-electron chi connectivity index (χ2n) is 4.95. The lowest BCUT2D eigenvalue weighted by atomic mass is 10.1. The highest BCUT2D eigenvalue weighted by atomic mass is 19.4. The topological polar surface area (TPSA) is 73.6 Å². The van der Waals surface area contributed by atoms with Gasteiger partial charge in [0, 0.05) is 19.2 Å². The fourth-order valence-electron chi connectivity index (χ4n) is 1.37. The van der Waals surface area contributed by atoms with Crippen molar-refractivity contribution < 1.29 is 27.4 Å². The third-order valence-electron chi connectivity index (χ3n) is 2.72. The van der Waals surface area contributed by atoms with E-state index in [4.69, 9.17) is 10.5 Å². The van der Waals surface area contributed by atoms with E-state index in [2.05, 4.69) is 10.1 Å². The molecule has 0 radical (unpaired) electrons. The molecule has 21 heavy (non-hydrogen) atoms. The van der Waals surface area contributed by atoms with Crippen molar-refractivity contribution in [1.82, 2.24) is 5.32 Å². The lowest BCUT2D eigenvalue weighted by Crippen LogP contribution is -2.39. The number of carbonyl (C=O) groups excluding carboxylic acids is 1. The molecule has 0 aliphatic heterocycles. The van der Waals surface area contributed by atoms with Gasteiger partial charge in [-0.1, -0.05) is 0 Å². The van der Waals surface area contributed by atoms with E-state index in [0.29, 0.717) is 0 Å². The summed E-state index contributed by atoms with van der Waals surface area (Å²) < 4.78 is 45.2. The van der Waals surface area contributed by atoms with Gasteiger partial charge < -0.3 is 20.5 Å². The Labute approximate surface area is 120 Å². The van der Waals surface area contributed by atoms with Gasteiger partial charge >= 0.3 is 6.36 Å². The fourth-order valence-corrected chi connectivity index (χ4v) is 1.37. The highest BCUT2D eigenvalue weighted by molar-refractivity contribution is 5.95. The quantitative estimate of drug-likeness (QED) is 0.819. The van der Waals surface area contributed by atoms with Crippen LogP contribution in [0.15, 0.2) is 18.2 Å². The minimum Gasteiger partial charge on any atom is -0.404 e. The van der Waals surface area contributed by atoms with E-state index in [-0.39, 0.29) is 17.8 Å². The number of hydrogen-bond acceptors (Lipinski definition) is 4. The van der Waals surface area contributed by atoms with Gasteiger partial charge in [0.15, 0.2) is 5.75 Å². The fraction of sp³-hybridized carbons (Fsp3) is 0.462. The van der Waals surface area contributed by atoms with Crippen LogP contribution in [0, 0.1) is 0 Å². The first-order valence-corrected chi connectivity index (χ1v) is 6.03. The smallest absolute Gasteiger partial charge is 0.404 e. The Morgan fingerprint density at radius 2 is 1.95 bits per heavy atom. The van der Waals surface area contributed by atoms with Crippen molar-refractivity contribution in [2.45, 2.75) is 25.8 Å². The number of benzene rings is 1. The van der Waals surface area contributed by atoms with Gasteiger partial charge in [-0.15, -0.1) is 13.2 Å². The lowest BCUT2D eigenvalue weighted by Gasteiger charge is -2.23. The molecular weight excluding hydrogens is 289 g/mol. The molecule has 1 aromatic rings. The number of nitrogens with two attached hydrogens (primary N) is 1. The van der Waals surface area contributed by atoms with E-state index >= 15 is 0 Å². The summed E-state index contributed by atoms with van der Waals surface area (Å²) in [5, 5.41) is 2.60. The third-order valence-corrected chi connectivity index (χ3v) is 2.72. The number of anilines is 1. The molecule has 0 bridgehead atoms. The van der Waals surface area contributed by atoms with Gasteiger partial charge in [0.05, 0.1) is 11.3 Å². The largest absolute Gasteiger partial charge is 0.573 e. The molecule has 1 aromatic carbocycles. The molecule has 0 aliphatic carbocycles. The third kappa shape index (κ3) is 5.50. The van der Waals surface area contributed by atoms with Crippen LogP contribution in [0.5, 0.6) is 5.75 Å². The van der Waals surface area contributed by atoms with Crippen molar-refractivity contribution in [3.05, 3.63) is 23.8 Å². The summed E-state index contributed by atoms with van der Waals surface area (Å²) in [6.07, 6.45) is -4.83. The Morgan fingerprint density at radius 1 is 1.33 bits per heavy atom. The molecule has 5 nitrogen and oxygen atoms in total. The Hall–Kier alpha value is -1.96. The maximum atomic E-state index is 12.1. The van der Waals surface area contributed by atoms with E-state index < -0.39 is 23.6 Å². The minimum absolute atomic E-state index is 0.133. The molecule has 0 saturated heterocycles. The molecule has 0 atom stereocenters. The first kappa shape index (κ1) is 17.1. The van der Waals surface area contributed by atoms with Crippen LogP contribution in [0.4, 0.5) is 18.9 Å². The van der Waals surface area contributed by atoms with E-state index in [1.165, 1.54) is 13.2 Å². The molecule has 3 N–H and O–H groups in total. The van der Waals surface area contributed by atoms with Gasteiger partial charge in [-0.25, -0.2) is 0 Å². The molecule has 118 valence electrons. The molecule has 0 fully saturated rings. The number of methoxy groups -OCH3 is 1. The Bertz CT molecular complexity index is 516. The van der Waals surface area contributed by atoms with Crippen LogP contribution in [-0.2, 0) is 4.74 Å². The first-order valence-electron chi connectivity index (χ1n) is 6.03. The normalized spacial score (nSPS) is 12.1. The molecular formula is C13H17F3N2O3. The van der Waals surface area contributed by atoms with E-state index in [1.807, 2.05) is 0 Å². The first-order chi connectivity index (χ1) is 9.54. The Morgan fingerprint density at radius 3 is 2.43 bits per heavy atom. The summed E-state index contributed by atoms with van der Waals surface area (Å²) in [6.45, 7) is 3.80. The SMILES string of the molecule is COC(C)(C)CNC(=O)c1ccc(OC(F)(F)F)c(N)c1. The summed E-state index contributed by atoms with van der Waals surface area (Å²) in [5.41, 5.74) is 4.75. The predicted octanol–water partition coefficient (Wildman–Crippen LogP) is 2.32. The lowest BCUT2D eigenvalue weighted by molar-refractivity contribution is -0.274. The average molecular weight is 306 g/mol. The highest BCUT2D eigenvalue weighted by Gasteiger charge is 2.32. The second-order valence-corrected chi connectivity index (χ2v) is 4.95. The van der Waals surface area contributed by atoms with E-state index in [0.717, 1.165) is 12.1 Å². The van der Waals surface area contributed by atoms with Crippen LogP contribution >= 0.6 is 0 Å². The number of rotatable bonds is 5. The number of carbonyl (C=O) groups is 1. The van der Waals surface area contributed by atoms with Gasteiger partial charge in [0.25, 0.3) is 5.91 Å². The van der Waals surface area contributed by atoms with Crippen LogP contribution in [0.25, 0.3) is 0 Å². The predicted molar refractivity (Wildman–Crippen MR) is 71.0 cm³/mol. The molecule has 8 heteroatoms. The zero-order valence-electron chi connectivity index (χ0n) is 11.9. The average Bonchev–Trinajstić information content (AvgIpc) is 2.37. The zero-order chi connectivity index (χ0) is 16.3. The number of nitrogen functional groups attached to an aromatic ring is 1. The van der Waals surface area contributed by atoms with Crippen molar-refractivity contribution in [2.24, 2.45) is 0 Å². The summed E-state index contributed by atoms with van der Waals surface area (Å²) in [5.74, 6) is -1.01. The summed E-state index contributed by atoms with van der Waals surface area (Å²) >= 11 is 0. The highest BCUT2D eigenvalue weighted by Crippen LogP contribution is 2.28. The minimum atomic E-state index is -4.83. The van der Waals surface area contributed by atoms with Gasteiger partial charge in [-0.05, 0) is 32.0 Å². The monoisotopic (exact) mass is 306 g/mol. The summed E-state index contributed by atoms with van der Waals surface area (Å²) in [7, 11) is 1.51. The van der Waals surface area contributed by atoms with Crippen molar-refractivity contribution >= 4 is 11.6 Å². The van der Waals surface area contributed by atoms with Crippen molar-refractivity contribution in [3.63, 3.8) is 0 Å². The Kier molecular flexibility index (Phi) is 5.06. The molecule has 0 aliphatic rings. The maximum absolute atomic E-state index is 12.1. The number of amides is 1. The summed E-state index contributed by atoms with van der Waals surface area (Å²) in [6, 6.07) is 3.32. The standard InChI is InChI=1S/C13H17F3N2O3/c1-12(2,20-3)7-18-11(19)8-4-5-10(9(17)6-8)21-13(14,15)16/h4-6H,7,17H2,1-3H3,(H,18,19). The van der Waals surface area contributed by atoms with Crippen molar-refractivity contribution in [1.29, 1.82) is 0 Å². The molecule has 0 saturated carbocycles. The number of halogens is 3. The Balaban J connectivity index is 2.77. The molecule has 0 spiro atoms. The second kappa shape index (κ2) is 6.21. The van der Waals surface area contributed by atoms with E-state index in [1.54, 1.807) is 13.8 Å². The maximum Gasteiger partial charge on any atom is 0.573 e. The zero-order valence-corrected chi connectivity index (χ0v) is 11.9. The molecule has 0 heterocycles. The van der Waals surface area contributed by atoms with Gasteiger partial charge in [0.1, 0.15) is 0 Å². The van der Waals surface area contributed by atoms with Crippen LogP contribution in [0.3, 0.4) is 0 Å². The number of alkyl halides is 3. The van der Waals surface area contributed by atoms with Crippen molar-refractivity contribution in [3.8, 4) is 5.75 Å². The molecule has 0 aromatic heterocycles. The number of nitrogens with one attached hydrogen (secondary N) is 1. The van der Waals surface area contributed by atoms with Gasteiger partial charge in [-0.3, -0.25) is 4.79 Å². The van der Waals surface area contributed by atoms with Crippen LogP contribution in [0.1, 0.15) is 24.2 Å². The van der Waals surface area contributed by atoms with Crippen molar-refractivity contribution in [2.75, 3.05) is 19.4 Å². The van der Waals surface area contributed by atoms with Gasteiger partial charge in [0.2, 0.25) is 0 Å². The summed E-state index contributed by atoms with van der Waals surface area (Å²) in [4.78, 5) is 11.9.